The summed E-state index contributed by atoms with van der Waals surface area (Å²) in [7, 11) is 0.592. The summed E-state index contributed by atoms with van der Waals surface area (Å²) in [6, 6.07) is 32.5. The molecule has 2 heteroatoms. The molecule has 0 N–H and O–H groups in total. The van der Waals surface area contributed by atoms with E-state index in [0.717, 1.165) is 0 Å². The van der Waals surface area contributed by atoms with Crippen LogP contribution in [0.2, 0.25) is 0 Å². The first-order chi connectivity index (χ1) is 11.3. The molecule has 0 saturated heterocycles. The minimum absolute atomic E-state index is 0.0656. The maximum absolute atomic E-state index is 3.87. The van der Waals surface area contributed by atoms with Gasteiger partial charge in [-0.3, -0.25) is 0 Å². The van der Waals surface area contributed by atoms with Gasteiger partial charge in [-0.25, -0.2) is 0 Å². The summed E-state index contributed by atoms with van der Waals surface area (Å²) in [6.45, 7) is 2.34. The Bertz CT molecular complexity index is 686. The second kappa shape index (κ2) is 7.43. The SMILES string of the molecule is CC(c1ccccc1)C(PBr)(c1ccccc1)c1ccccc1. The van der Waals surface area contributed by atoms with Gasteiger partial charge in [-0.1, -0.05) is 113 Å². The van der Waals surface area contributed by atoms with Crippen LogP contribution in [-0.2, 0) is 5.16 Å². The summed E-state index contributed by atoms with van der Waals surface area (Å²) in [6.07, 6.45) is 0. The van der Waals surface area contributed by atoms with Crippen molar-refractivity contribution in [2.75, 3.05) is 0 Å². The molecule has 0 aromatic heterocycles. The molecular weight excluding hydrogens is 363 g/mol. The minimum atomic E-state index is -0.0656. The molecule has 0 aliphatic carbocycles. The highest BCUT2D eigenvalue weighted by Crippen LogP contribution is 2.58. The van der Waals surface area contributed by atoms with E-state index in [0.29, 0.717) is 13.2 Å². The van der Waals surface area contributed by atoms with Crippen molar-refractivity contribution in [3.63, 3.8) is 0 Å². The van der Waals surface area contributed by atoms with Crippen molar-refractivity contribution < 1.29 is 0 Å². The van der Waals surface area contributed by atoms with E-state index in [4.69, 9.17) is 0 Å². The fourth-order valence-electron chi connectivity index (χ4n) is 3.25. The van der Waals surface area contributed by atoms with Gasteiger partial charge in [-0.05, 0) is 29.9 Å². The Kier molecular flexibility index (Phi) is 5.30. The van der Waals surface area contributed by atoms with Crippen molar-refractivity contribution in [1.82, 2.24) is 0 Å². The number of rotatable bonds is 5. The first-order valence-electron chi connectivity index (χ1n) is 7.83. The van der Waals surface area contributed by atoms with E-state index in [-0.39, 0.29) is 5.16 Å². The Labute approximate surface area is 148 Å². The summed E-state index contributed by atoms with van der Waals surface area (Å²) in [4.78, 5) is 0. The fourth-order valence-corrected chi connectivity index (χ4v) is 6.54. The largest absolute Gasteiger partial charge is 0.0629 e. The van der Waals surface area contributed by atoms with Crippen LogP contribution in [0.15, 0.2) is 91.0 Å². The predicted molar refractivity (Wildman–Crippen MR) is 106 cm³/mol. The Morgan fingerprint density at radius 1 is 0.696 bits per heavy atom. The molecule has 116 valence electrons. The molecule has 3 rings (SSSR count). The smallest absolute Gasteiger partial charge is 0.0539 e. The Morgan fingerprint density at radius 3 is 1.48 bits per heavy atom. The van der Waals surface area contributed by atoms with Crippen LogP contribution in [0.1, 0.15) is 29.5 Å². The molecule has 0 heterocycles. The predicted octanol–water partition coefficient (Wildman–Crippen LogP) is 6.72. The highest BCUT2D eigenvalue weighted by atomic mass is 79.9. The number of hydrogen-bond acceptors (Lipinski definition) is 0. The van der Waals surface area contributed by atoms with Crippen molar-refractivity contribution in [3.8, 4) is 0 Å². The standard InChI is InChI=1S/C21H20BrP/c1-17(18-11-5-2-6-12-18)21(23-22,19-13-7-3-8-14-19)20-15-9-4-10-16-20/h2-17,23H,1H3. The van der Waals surface area contributed by atoms with E-state index < -0.39 is 0 Å². The van der Waals surface area contributed by atoms with Crippen LogP contribution in [0.4, 0.5) is 0 Å². The number of hydrogen-bond donors (Lipinski definition) is 0. The van der Waals surface area contributed by atoms with Gasteiger partial charge in [-0.2, -0.15) is 0 Å². The highest BCUT2D eigenvalue weighted by Gasteiger charge is 2.39. The van der Waals surface area contributed by atoms with Gasteiger partial charge in [-0.15, -0.1) is 0 Å². The third-order valence-corrected chi connectivity index (χ3v) is 7.74. The monoisotopic (exact) mass is 382 g/mol. The fraction of sp³-hybridized carbons (Fsp3) is 0.143. The van der Waals surface area contributed by atoms with Gasteiger partial charge in [0.2, 0.25) is 0 Å². The van der Waals surface area contributed by atoms with E-state index in [9.17, 15) is 0 Å². The van der Waals surface area contributed by atoms with Crippen molar-refractivity contribution in [2.24, 2.45) is 0 Å². The summed E-state index contributed by atoms with van der Waals surface area (Å²) in [5.41, 5.74) is 4.09. The van der Waals surface area contributed by atoms with Crippen LogP contribution in [-0.4, -0.2) is 0 Å². The van der Waals surface area contributed by atoms with Gasteiger partial charge in [0.15, 0.2) is 0 Å². The molecule has 0 amide bonds. The van der Waals surface area contributed by atoms with Gasteiger partial charge in [0.1, 0.15) is 0 Å². The van der Waals surface area contributed by atoms with Crippen LogP contribution >= 0.6 is 22.8 Å². The molecule has 0 aliphatic rings. The molecule has 0 fully saturated rings. The second-order valence-electron chi connectivity index (χ2n) is 5.77. The van der Waals surface area contributed by atoms with Gasteiger partial charge < -0.3 is 0 Å². The molecular formula is C21H20BrP. The van der Waals surface area contributed by atoms with Gasteiger partial charge in [0.05, 0.1) is 5.16 Å². The summed E-state index contributed by atoms with van der Waals surface area (Å²) in [5.74, 6) is 0.367. The number of halogens is 1. The molecule has 0 saturated carbocycles. The topological polar surface area (TPSA) is 0 Å². The van der Waals surface area contributed by atoms with E-state index in [1.54, 1.807) is 0 Å². The Morgan fingerprint density at radius 2 is 1.09 bits per heavy atom. The quantitative estimate of drug-likeness (QED) is 0.429. The second-order valence-corrected chi connectivity index (χ2v) is 7.93. The van der Waals surface area contributed by atoms with E-state index >= 15 is 0 Å². The lowest BCUT2D eigenvalue weighted by atomic mass is 9.77. The van der Waals surface area contributed by atoms with Crippen LogP contribution in [0.5, 0.6) is 0 Å². The lowest BCUT2D eigenvalue weighted by molar-refractivity contribution is 0.602. The summed E-state index contributed by atoms with van der Waals surface area (Å²) < 4.78 is 0. The molecule has 2 unspecified atom stereocenters. The molecule has 0 spiro atoms. The van der Waals surface area contributed by atoms with Crippen LogP contribution in [0.25, 0.3) is 0 Å². The Hall–Kier alpha value is -1.43. The lowest BCUT2D eigenvalue weighted by Crippen LogP contribution is -2.28. The maximum Gasteiger partial charge on any atom is 0.0539 e. The average molecular weight is 383 g/mol. The molecule has 3 aromatic carbocycles. The van der Waals surface area contributed by atoms with E-state index in [1.807, 2.05) is 0 Å². The maximum atomic E-state index is 3.87. The first kappa shape index (κ1) is 16.4. The zero-order valence-corrected chi connectivity index (χ0v) is 15.7. The van der Waals surface area contributed by atoms with Crippen LogP contribution < -0.4 is 0 Å². The first-order valence-corrected chi connectivity index (χ1v) is 11.1. The van der Waals surface area contributed by atoms with Gasteiger partial charge in [0.25, 0.3) is 0 Å². The van der Waals surface area contributed by atoms with Gasteiger partial charge >= 0.3 is 0 Å². The Balaban J connectivity index is 2.21. The van der Waals surface area contributed by atoms with E-state index in [2.05, 4.69) is 113 Å². The molecule has 23 heavy (non-hydrogen) atoms. The summed E-state index contributed by atoms with van der Waals surface area (Å²) in [5, 5.41) is -0.0656. The highest BCUT2D eigenvalue weighted by molar-refractivity contribution is 9.36. The third kappa shape index (κ3) is 3.13. The third-order valence-electron chi connectivity index (χ3n) is 4.56. The summed E-state index contributed by atoms with van der Waals surface area (Å²) >= 11 is 3.87. The van der Waals surface area contributed by atoms with Crippen molar-refractivity contribution in [2.45, 2.75) is 18.0 Å². The molecule has 0 radical (unpaired) electrons. The molecule has 0 bridgehead atoms. The van der Waals surface area contributed by atoms with Crippen molar-refractivity contribution >= 4 is 22.8 Å². The van der Waals surface area contributed by atoms with Crippen LogP contribution in [0, 0.1) is 0 Å². The normalized spacial score (nSPS) is 13.3. The zero-order chi connectivity index (χ0) is 16.1. The lowest BCUT2D eigenvalue weighted by Gasteiger charge is -2.39. The van der Waals surface area contributed by atoms with Gasteiger partial charge in [0, 0.05) is 0 Å². The van der Waals surface area contributed by atoms with Crippen molar-refractivity contribution in [1.29, 1.82) is 0 Å². The van der Waals surface area contributed by atoms with E-state index in [1.165, 1.54) is 16.7 Å². The molecule has 2 atom stereocenters. The minimum Gasteiger partial charge on any atom is -0.0629 e. The average Bonchev–Trinajstić information content (AvgIpc) is 2.65. The molecule has 0 aliphatic heterocycles. The molecule has 0 nitrogen and oxygen atoms in total. The number of benzene rings is 3. The van der Waals surface area contributed by atoms with Crippen molar-refractivity contribution in [3.05, 3.63) is 108 Å². The molecule has 3 aromatic rings. The zero-order valence-electron chi connectivity index (χ0n) is 13.1. The van der Waals surface area contributed by atoms with Crippen LogP contribution in [0.3, 0.4) is 0 Å².